The Balaban J connectivity index is 1.71. The summed E-state index contributed by atoms with van der Waals surface area (Å²) >= 11 is 0. The molecule has 0 aromatic heterocycles. The molecule has 0 saturated carbocycles. The summed E-state index contributed by atoms with van der Waals surface area (Å²) in [7, 11) is 1.63. The first-order chi connectivity index (χ1) is 11.7. The number of hydrogen-bond acceptors (Lipinski definition) is 3. The van der Waals surface area contributed by atoms with E-state index in [2.05, 4.69) is 0 Å². The molecule has 1 N–H and O–H groups in total. The molecular formula is C20H23NO3. The second kappa shape index (κ2) is 7.49. The van der Waals surface area contributed by atoms with E-state index in [1.54, 1.807) is 7.11 Å². The molecule has 0 bridgehead atoms. The van der Waals surface area contributed by atoms with Crippen molar-refractivity contribution in [1.82, 2.24) is 4.90 Å². The monoisotopic (exact) mass is 325 g/mol. The molecule has 0 unspecified atom stereocenters. The van der Waals surface area contributed by atoms with E-state index in [4.69, 9.17) is 4.74 Å². The number of ether oxygens (including phenoxy) is 1. The van der Waals surface area contributed by atoms with Crippen molar-refractivity contribution in [2.24, 2.45) is 0 Å². The van der Waals surface area contributed by atoms with Crippen molar-refractivity contribution < 1.29 is 14.6 Å². The normalized spacial score (nSPS) is 20.2. The molecule has 1 heterocycles. The van der Waals surface area contributed by atoms with Gasteiger partial charge in [-0.05, 0) is 36.1 Å². The largest absolute Gasteiger partial charge is 0.497 e. The highest BCUT2D eigenvalue weighted by atomic mass is 16.5. The van der Waals surface area contributed by atoms with Gasteiger partial charge in [-0.1, -0.05) is 42.5 Å². The quantitative estimate of drug-likeness (QED) is 0.919. The van der Waals surface area contributed by atoms with E-state index in [9.17, 15) is 9.90 Å². The first-order valence-corrected chi connectivity index (χ1v) is 8.33. The maximum Gasteiger partial charge on any atom is 0.223 e. The maximum atomic E-state index is 12.7. The first kappa shape index (κ1) is 16.5. The Hall–Kier alpha value is -2.33. The second-order valence-electron chi connectivity index (χ2n) is 6.21. The lowest BCUT2D eigenvalue weighted by Crippen LogP contribution is -2.31. The van der Waals surface area contributed by atoms with Crippen molar-refractivity contribution in [2.45, 2.75) is 31.4 Å². The number of β-amino-alcohol motifs (C(OH)–C–C–N with tert-alkyl or cyclic N) is 1. The van der Waals surface area contributed by atoms with Gasteiger partial charge in [0.1, 0.15) is 5.75 Å². The van der Waals surface area contributed by atoms with Crippen LogP contribution in [0.25, 0.3) is 0 Å². The SMILES string of the molecule is COc1cccc([C@H]2C[C@@H](O)CN2C(=O)CCc2ccccc2)c1. The summed E-state index contributed by atoms with van der Waals surface area (Å²) < 4.78 is 5.28. The van der Waals surface area contributed by atoms with Crippen LogP contribution in [0.4, 0.5) is 0 Å². The van der Waals surface area contributed by atoms with Gasteiger partial charge in [0.15, 0.2) is 0 Å². The van der Waals surface area contributed by atoms with Crippen molar-refractivity contribution in [2.75, 3.05) is 13.7 Å². The van der Waals surface area contributed by atoms with Crippen LogP contribution in [0.5, 0.6) is 5.75 Å². The fraction of sp³-hybridized carbons (Fsp3) is 0.350. The number of hydrogen-bond donors (Lipinski definition) is 1. The van der Waals surface area contributed by atoms with Crippen LogP contribution in [-0.2, 0) is 11.2 Å². The second-order valence-corrected chi connectivity index (χ2v) is 6.21. The molecular weight excluding hydrogens is 302 g/mol. The molecule has 1 aliphatic rings. The van der Waals surface area contributed by atoms with Crippen molar-refractivity contribution in [3.8, 4) is 5.75 Å². The van der Waals surface area contributed by atoms with E-state index in [-0.39, 0.29) is 11.9 Å². The Morgan fingerprint density at radius 1 is 1.21 bits per heavy atom. The van der Waals surface area contributed by atoms with E-state index < -0.39 is 6.10 Å². The van der Waals surface area contributed by atoms with Gasteiger partial charge in [-0.3, -0.25) is 4.79 Å². The number of aliphatic hydroxyl groups is 1. The predicted molar refractivity (Wildman–Crippen MR) is 92.8 cm³/mol. The number of likely N-dealkylation sites (tertiary alicyclic amines) is 1. The topological polar surface area (TPSA) is 49.8 Å². The number of nitrogens with zero attached hydrogens (tertiary/aromatic N) is 1. The van der Waals surface area contributed by atoms with Crippen LogP contribution in [0.3, 0.4) is 0 Å². The molecule has 4 nitrogen and oxygen atoms in total. The van der Waals surface area contributed by atoms with Crippen LogP contribution in [-0.4, -0.2) is 35.7 Å². The summed E-state index contributed by atoms with van der Waals surface area (Å²) in [4.78, 5) is 14.5. The van der Waals surface area contributed by atoms with Gasteiger partial charge in [-0.2, -0.15) is 0 Å². The number of carbonyl (C=O) groups excluding carboxylic acids is 1. The Kier molecular flexibility index (Phi) is 5.16. The molecule has 2 atom stereocenters. The Morgan fingerprint density at radius 3 is 2.75 bits per heavy atom. The van der Waals surface area contributed by atoms with Crippen LogP contribution < -0.4 is 4.74 Å². The number of aryl methyl sites for hydroxylation is 1. The van der Waals surface area contributed by atoms with Gasteiger partial charge in [0, 0.05) is 13.0 Å². The van der Waals surface area contributed by atoms with Gasteiger partial charge in [0.05, 0.1) is 19.3 Å². The van der Waals surface area contributed by atoms with E-state index in [1.807, 2.05) is 59.5 Å². The molecule has 1 fully saturated rings. The van der Waals surface area contributed by atoms with Gasteiger partial charge in [-0.25, -0.2) is 0 Å². The van der Waals surface area contributed by atoms with Crippen LogP contribution >= 0.6 is 0 Å². The average Bonchev–Trinajstić information content (AvgIpc) is 3.02. The molecule has 0 spiro atoms. The molecule has 1 saturated heterocycles. The average molecular weight is 325 g/mol. The van der Waals surface area contributed by atoms with Gasteiger partial charge < -0.3 is 14.7 Å². The Morgan fingerprint density at radius 2 is 2.00 bits per heavy atom. The van der Waals surface area contributed by atoms with Crippen LogP contribution in [0, 0.1) is 0 Å². The zero-order chi connectivity index (χ0) is 16.9. The minimum Gasteiger partial charge on any atom is -0.497 e. The minimum absolute atomic E-state index is 0.0848. The Bertz CT molecular complexity index is 686. The lowest BCUT2D eigenvalue weighted by molar-refractivity contribution is -0.132. The third kappa shape index (κ3) is 3.77. The third-order valence-electron chi connectivity index (χ3n) is 4.55. The molecule has 0 radical (unpaired) electrons. The van der Waals surface area contributed by atoms with E-state index in [1.165, 1.54) is 0 Å². The maximum absolute atomic E-state index is 12.7. The first-order valence-electron chi connectivity index (χ1n) is 8.33. The van der Waals surface area contributed by atoms with Gasteiger partial charge in [0.2, 0.25) is 5.91 Å². The zero-order valence-corrected chi connectivity index (χ0v) is 13.9. The lowest BCUT2D eigenvalue weighted by Gasteiger charge is -2.25. The number of carbonyl (C=O) groups is 1. The number of aliphatic hydroxyl groups excluding tert-OH is 1. The Labute approximate surface area is 142 Å². The summed E-state index contributed by atoms with van der Waals surface area (Å²) in [5, 5.41) is 10.1. The molecule has 1 amide bonds. The van der Waals surface area contributed by atoms with E-state index in [0.29, 0.717) is 19.4 Å². The molecule has 0 aliphatic carbocycles. The fourth-order valence-corrected chi connectivity index (χ4v) is 3.29. The van der Waals surface area contributed by atoms with Gasteiger partial charge >= 0.3 is 0 Å². The van der Waals surface area contributed by atoms with Crippen molar-refractivity contribution in [3.05, 3.63) is 65.7 Å². The fourth-order valence-electron chi connectivity index (χ4n) is 3.29. The number of amides is 1. The highest BCUT2D eigenvalue weighted by molar-refractivity contribution is 5.77. The van der Waals surface area contributed by atoms with Crippen molar-refractivity contribution in [3.63, 3.8) is 0 Å². The molecule has 4 heteroatoms. The van der Waals surface area contributed by atoms with Crippen LogP contribution in [0.15, 0.2) is 54.6 Å². The van der Waals surface area contributed by atoms with Crippen molar-refractivity contribution in [1.29, 1.82) is 0 Å². The summed E-state index contributed by atoms with van der Waals surface area (Å²) in [5.41, 5.74) is 2.17. The third-order valence-corrected chi connectivity index (χ3v) is 4.55. The van der Waals surface area contributed by atoms with E-state index >= 15 is 0 Å². The number of rotatable bonds is 5. The molecule has 126 valence electrons. The smallest absolute Gasteiger partial charge is 0.223 e. The zero-order valence-electron chi connectivity index (χ0n) is 13.9. The number of methoxy groups -OCH3 is 1. The van der Waals surface area contributed by atoms with Crippen LogP contribution in [0.2, 0.25) is 0 Å². The molecule has 3 rings (SSSR count). The van der Waals surface area contributed by atoms with Crippen molar-refractivity contribution >= 4 is 5.91 Å². The summed E-state index contributed by atoms with van der Waals surface area (Å²) in [6.07, 6.45) is 1.28. The highest BCUT2D eigenvalue weighted by Crippen LogP contribution is 2.34. The van der Waals surface area contributed by atoms with Gasteiger partial charge in [-0.15, -0.1) is 0 Å². The van der Waals surface area contributed by atoms with Gasteiger partial charge in [0.25, 0.3) is 0 Å². The standard InChI is InChI=1S/C20H23NO3/c1-24-18-9-5-8-16(12-18)19-13-17(22)14-21(19)20(23)11-10-15-6-3-2-4-7-15/h2-9,12,17,19,22H,10-11,13-14H2,1H3/t17-,19-/m1/s1. The molecule has 24 heavy (non-hydrogen) atoms. The lowest BCUT2D eigenvalue weighted by atomic mass is 10.0. The van der Waals surface area contributed by atoms with E-state index in [0.717, 1.165) is 23.3 Å². The summed E-state index contributed by atoms with van der Waals surface area (Å²) in [6, 6.07) is 17.7. The number of benzene rings is 2. The molecule has 2 aromatic rings. The molecule has 1 aliphatic heterocycles. The predicted octanol–water partition coefficient (Wildman–Crippen LogP) is 2.96. The summed E-state index contributed by atoms with van der Waals surface area (Å²) in [5.74, 6) is 0.855. The van der Waals surface area contributed by atoms with Crippen LogP contribution in [0.1, 0.15) is 30.0 Å². The minimum atomic E-state index is -0.470. The molecule has 2 aromatic carbocycles. The highest BCUT2D eigenvalue weighted by Gasteiger charge is 2.35. The summed E-state index contributed by atoms with van der Waals surface area (Å²) in [6.45, 7) is 0.398.